The Morgan fingerprint density at radius 1 is 1.00 bits per heavy atom. The Morgan fingerprint density at radius 2 is 1.54 bits per heavy atom. The molecule has 72 valence electrons. The van der Waals surface area contributed by atoms with E-state index in [4.69, 9.17) is 0 Å². The molecule has 0 aromatic heterocycles. The van der Waals surface area contributed by atoms with E-state index < -0.39 is 0 Å². The maximum Gasteiger partial charge on any atom is 0.0628 e. The minimum atomic E-state index is -0.248. The summed E-state index contributed by atoms with van der Waals surface area (Å²) in [5, 5.41) is 9.85. The van der Waals surface area contributed by atoms with Crippen molar-refractivity contribution in [3.8, 4) is 0 Å². The molecule has 2 atom stereocenters. The van der Waals surface area contributed by atoms with Gasteiger partial charge in [-0.25, -0.2) is 0 Å². The van der Waals surface area contributed by atoms with Gasteiger partial charge in [-0.2, -0.15) is 0 Å². The zero-order valence-electron chi connectivity index (χ0n) is 8.57. The standard InChI is InChI=1S/C12H18O/c1-9(2)12(13)10(3)11-7-5-4-6-8-11/h4-10,12-13H,1-3H3/t10-,12-/m1/s1. The van der Waals surface area contributed by atoms with Crippen molar-refractivity contribution >= 4 is 0 Å². The molecule has 0 bridgehead atoms. The van der Waals surface area contributed by atoms with E-state index in [0.717, 1.165) is 0 Å². The highest BCUT2D eigenvalue weighted by molar-refractivity contribution is 5.19. The second kappa shape index (κ2) is 4.43. The number of aliphatic hydroxyl groups excluding tert-OH is 1. The van der Waals surface area contributed by atoms with Gasteiger partial charge in [0.2, 0.25) is 0 Å². The van der Waals surface area contributed by atoms with Crippen LogP contribution in [0.3, 0.4) is 0 Å². The number of hydrogen-bond donors (Lipinski definition) is 1. The predicted molar refractivity (Wildman–Crippen MR) is 55.7 cm³/mol. The van der Waals surface area contributed by atoms with Crippen LogP contribution >= 0.6 is 0 Å². The van der Waals surface area contributed by atoms with Gasteiger partial charge in [-0.15, -0.1) is 0 Å². The van der Waals surface area contributed by atoms with Crippen LogP contribution in [0.15, 0.2) is 30.3 Å². The van der Waals surface area contributed by atoms with Crippen LogP contribution in [0.1, 0.15) is 32.3 Å². The number of rotatable bonds is 3. The van der Waals surface area contributed by atoms with E-state index in [9.17, 15) is 5.11 Å². The molecule has 0 heterocycles. The molecule has 0 aliphatic rings. The van der Waals surface area contributed by atoms with E-state index >= 15 is 0 Å². The summed E-state index contributed by atoms with van der Waals surface area (Å²) < 4.78 is 0. The van der Waals surface area contributed by atoms with Crippen molar-refractivity contribution in [2.75, 3.05) is 0 Å². The summed E-state index contributed by atoms with van der Waals surface area (Å²) in [6, 6.07) is 10.2. The average molecular weight is 178 g/mol. The van der Waals surface area contributed by atoms with Crippen molar-refractivity contribution in [3.63, 3.8) is 0 Å². The lowest BCUT2D eigenvalue weighted by atomic mass is 9.89. The predicted octanol–water partition coefficient (Wildman–Crippen LogP) is 2.81. The SMILES string of the molecule is CC(C)[C@@H](O)[C@H](C)c1ccccc1. The molecule has 0 saturated heterocycles. The minimum absolute atomic E-state index is 0.223. The molecule has 1 nitrogen and oxygen atoms in total. The van der Waals surface area contributed by atoms with Crippen LogP contribution in [0, 0.1) is 5.92 Å². The second-order valence-electron chi connectivity index (χ2n) is 3.93. The van der Waals surface area contributed by atoms with Gasteiger partial charge in [0.15, 0.2) is 0 Å². The third kappa shape index (κ3) is 2.56. The molecule has 0 aliphatic carbocycles. The van der Waals surface area contributed by atoms with E-state index in [1.54, 1.807) is 0 Å². The minimum Gasteiger partial charge on any atom is -0.392 e. The zero-order valence-corrected chi connectivity index (χ0v) is 8.57. The van der Waals surface area contributed by atoms with Gasteiger partial charge in [-0.05, 0) is 11.5 Å². The molecule has 0 unspecified atom stereocenters. The molecule has 1 aromatic carbocycles. The highest BCUT2D eigenvalue weighted by Crippen LogP contribution is 2.23. The van der Waals surface area contributed by atoms with Crippen LogP contribution in [0.25, 0.3) is 0 Å². The fourth-order valence-corrected chi connectivity index (χ4v) is 1.53. The van der Waals surface area contributed by atoms with Gasteiger partial charge in [0, 0.05) is 5.92 Å². The lowest BCUT2D eigenvalue weighted by molar-refractivity contribution is 0.102. The van der Waals surface area contributed by atoms with Crippen LogP contribution in [-0.4, -0.2) is 11.2 Å². The molecule has 0 saturated carbocycles. The number of hydrogen-bond acceptors (Lipinski definition) is 1. The third-order valence-corrected chi connectivity index (χ3v) is 2.52. The molecule has 1 heteroatoms. The van der Waals surface area contributed by atoms with E-state index in [1.165, 1.54) is 5.56 Å². The summed E-state index contributed by atoms with van der Waals surface area (Å²) in [6.07, 6.45) is -0.248. The van der Waals surface area contributed by atoms with Crippen molar-refractivity contribution in [1.82, 2.24) is 0 Å². The van der Waals surface area contributed by atoms with Crippen molar-refractivity contribution in [2.45, 2.75) is 32.8 Å². The molecule has 0 fully saturated rings. The Labute approximate surface area is 80.4 Å². The van der Waals surface area contributed by atoms with E-state index in [2.05, 4.69) is 19.1 Å². The molecule has 0 aliphatic heterocycles. The summed E-state index contributed by atoms with van der Waals surface area (Å²) >= 11 is 0. The van der Waals surface area contributed by atoms with Gasteiger partial charge in [0.05, 0.1) is 6.10 Å². The van der Waals surface area contributed by atoms with Crippen LogP contribution in [-0.2, 0) is 0 Å². The van der Waals surface area contributed by atoms with Gasteiger partial charge in [-0.3, -0.25) is 0 Å². The van der Waals surface area contributed by atoms with E-state index in [0.29, 0.717) is 5.92 Å². The lowest BCUT2D eigenvalue weighted by Crippen LogP contribution is -2.21. The zero-order chi connectivity index (χ0) is 9.84. The first-order valence-electron chi connectivity index (χ1n) is 4.86. The first-order chi connectivity index (χ1) is 6.13. The Bertz CT molecular complexity index is 241. The van der Waals surface area contributed by atoms with Crippen molar-refractivity contribution in [2.24, 2.45) is 5.92 Å². The van der Waals surface area contributed by atoms with Crippen LogP contribution in [0.5, 0.6) is 0 Å². The fraction of sp³-hybridized carbons (Fsp3) is 0.500. The molecule has 1 rings (SSSR count). The molecular formula is C12H18O. The van der Waals surface area contributed by atoms with Gasteiger partial charge in [0.25, 0.3) is 0 Å². The summed E-state index contributed by atoms with van der Waals surface area (Å²) in [5.74, 6) is 0.538. The topological polar surface area (TPSA) is 20.2 Å². The molecule has 0 amide bonds. The van der Waals surface area contributed by atoms with Crippen molar-refractivity contribution in [3.05, 3.63) is 35.9 Å². The quantitative estimate of drug-likeness (QED) is 0.754. The maximum atomic E-state index is 9.85. The highest BCUT2D eigenvalue weighted by Gasteiger charge is 2.18. The van der Waals surface area contributed by atoms with Crippen molar-refractivity contribution < 1.29 is 5.11 Å². The fourth-order valence-electron chi connectivity index (χ4n) is 1.53. The van der Waals surface area contributed by atoms with Gasteiger partial charge in [-0.1, -0.05) is 51.1 Å². The van der Waals surface area contributed by atoms with Crippen LogP contribution < -0.4 is 0 Å². The summed E-state index contributed by atoms with van der Waals surface area (Å²) in [7, 11) is 0. The number of benzene rings is 1. The van der Waals surface area contributed by atoms with Crippen molar-refractivity contribution in [1.29, 1.82) is 0 Å². The molecule has 0 spiro atoms. The maximum absolute atomic E-state index is 9.85. The van der Waals surface area contributed by atoms with Gasteiger partial charge < -0.3 is 5.11 Å². The monoisotopic (exact) mass is 178 g/mol. The Hall–Kier alpha value is -0.820. The third-order valence-electron chi connectivity index (χ3n) is 2.52. The molecule has 1 aromatic rings. The largest absolute Gasteiger partial charge is 0.392 e. The molecule has 13 heavy (non-hydrogen) atoms. The Morgan fingerprint density at radius 3 is 2.00 bits per heavy atom. The van der Waals surface area contributed by atoms with E-state index in [1.807, 2.05) is 32.0 Å². The second-order valence-corrected chi connectivity index (χ2v) is 3.93. The van der Waals surface area contributed by atoms with Crippen LogP contribution in [0.2, 0.25) is 0 Å². The molecule has 0 radical (unpaired) electrons. The van der Waals surface area contributed by atoms with Gasteiger partial charge >= 0.3 is 0 Å². The first kappa shape index (κ1) is 10.3. The highest BCUT2D eigenvalue weighted by atomic mass is 16.3. The molecular weight excluding hydrogens is 160 g/mol. The normalized spacial score (nSPS) is 15.8. The lowest BCUT2D eigenvalue weighted by Gasteiger charge is -2.22. The summed E-state index contributed by atoms with van der Waals surface area (Å²) in [5.41, 5.74) is 1.21. The summed E-state index contributed by atoms with van der Waals surface area (Å²) in [4.78, 5) is 0. The van der Waals surface area contributed by atoms with Gasteiger partial charge in [0.1, 0.15) is 0 Å². The Kier molecular flexibility index (Phi) is 3.49. The first-order valence-corrected chi connectivity index (χ1v) is 4.86. The Balaban J connectivity index is 2.73. The van der Waals surface area contributed by atoms with E-state index in [-0.39, 0.29) is 12.0 Å². The molecule has 1 N–H and O–H groups in total. The average Bonchev–Trinajstić information content (AvgIpc) is 2.17. The summed E-state index contributed by atoms with van der Waals surface area (Å²) in [6.45, 7) is 6.16. The smallest absolute Gasteiger partial charge is 0.0628 e. The number of aliphatic hydroxyl groups is 1. The van der Waals surface area contributed by atoms with Crippen LogP contribution in [0.4, 0.5) is 0 Å².